The standard InChI is InChI=1S/C10H15N.C2H4/c1-8(2)10(9(3)4)6-7-11-5;1-2/h6-7H,1,3H2,2,4-5H3;1-2H2. The van der Waals surface area contributed by atoms with Gasteiger partial charge in [-0.1, -0.05) is 24.3 Å². The molecule has 0 atom stereocenters. The van der Waals surface area contributed by atoms with Crippen molar-refractivity contribution < 1.29 is 0 Å². The van der Waals surface area contributed by atoms with Crippen molar-refractivity contribution in [2.75, 3.05) is 7.05 Å². The third-order valence-electron chi connectivity index (χ3n) is 1.31. The Morgan fingerprint density at radius 2 is 1.46 bits per heavy atom. The summed E-state index contributed by atoms with van der Waals surface area (Å²) in [6.45, 7) is 17.6. The highest BCUT2D eigenvalue weighted by molar-refractivity contribution is 5.75. The van der Waals surface area contributed by atoms with E-state index in [1.54, 1.807) is 13.3 Å². The van der Waals surface area contributed by atoms with Crippen molar-refractivity contribution in [3.05, 3.63) is 49.1 Å². The number of rotatable bonds is 3. The summed E-state index contributed by atoms with van der Waals surface area (Å²) in [5, 5.41) is 0. The first-order valence-corrected chi connectivity index (χ1v) is 4.03. The van der Waals surface area contributed by atoms with Gasteiger partial charge in [-0.15, -0.1) is 13.2 Å². The number of aliphatic imine (C=N–C) groups is 1. The molecule has 72 valence electrons. The Morgan fingerprint density at radius 1 is 1.08 bits per heavy atom. The molecule has 0 rings (SSSR count). The molecule has 0 aliphatic carbocycles. The molecule has 13 heavy (non-hydrogen) atoms. The van der Waals surface area contributed by atoms with Gasteiger partial charge in [-0.05, 0) is 25.5 Å². The van der Waals surface area contributed by atoms with Gasteiger partial charge in [-0.2, -0.15) is 0 Å². The van der Waals surface area contributed by atoms with E-state index in [4.69, 9.17) is 0 Å². The molecule has 0 fully saturated rings. The topological polar surface area (TPSA) is 12.4 Å². The van der Waals surface area contributed by atoms with Crippen molar-refractivity contribution in [3.63, 3.8) is 0 Å². The van der Waals surface area contributed by atoms with Gasteiger partial charge < -0.3 is 0 Å². The first-order chi connectivity index (χ1) is 6.09. The smallest absolute Gasteiger partial charge is 0.0277 e. The third-order valence-corrected chi connectivity index (χ3v) is 1.31. The number of nitrogens with zero attached hydrogens (tertiary/aromatic N) is 1. The van der Waals surface area contributed by atoms with Gasteiger partial charge in [0.2, 0.25) is 0 Å². The highest BCUT2D eigenvalue weighted by Crippen LogP contribution is 2.14. The molecule has 0 aromatic rings. The fourth-order valence-corrected chi connectivity index (χ4v) is 0.798. The molecular weight excluding hydrogens is 158 g/mol. The minimum atomic E-state index is 1.03. The molecular formula is C12H19N. The van der Waals surface area contributed by atoms with Gasteiger partial charge in [-0.3, -0.25) is 4.99 Å². The van der Waals surface area contributed by atoms with Crippen molar-refractivity contribution >= 4 is 6.21 Å². The largest absolute Gasteiger partial charge is 0.296 e. The van der Waals surface area contributed by atoms with Gasteiger partial charge in [-0.25, -0.2) is 0 Å². The van der Waals surface area contributed by atoms with E-state index >= 15 is 0 Å². The molecule has 0 N–H and O–H groups in total. The zero-order chi connectivity index (χ0) is 10.9. The second-order valence-electron chi connectivity index (χ2n) is 2.55. The van der Waals surface area contributed by atoms with E-state index in [2.05, 4.69) is 31.3 Å². The normalized spacial score (nSPS) is 8.54. The maximum atomic E-state index is 3.86. The lowest BCUT2D eigenvalue weighted by atomic mass is 10.0. The summed E-state index contributed by atoms with van der Waals surface area (Å²) in [7, 11) is 1.74. The zero-order valence-corrected chi connectivity index (χ0v) is 8.93. The van der Waals surface area contributed by atoms with E-state index in [-0.39, 0.29) is 0 Å². The van der Waals surface area contributed by atoms with Crippen LogP contribution < -0.4 is 0 Å². The molecule has 0 heterocycles. The van der Waals surface area contributed by atoms with Crippen LogP contribution in [0.2, 0.25) is 0 Å². The van der Waals surface area contributed by atoms with Crippen molar-refractivity contribution in [2.45, 2.75) is 13.8 Å². The molecule has 0 spiro atoms. The van der Waals surface area contributed by atoms with Gasteiger partial charge in [0.1, 0.15) is 0 Å². The number of hydrogen-bond acceptors (Lipinski definition) is 1. The van der Waals surface area contributed by atoms with Crippen LogP contribution in [0.5, 0.6) is 0 Å². The molecule has 0 aliphatic heterocycles. The van der Waals surface area contributed by atoms with Crippen LogP contribution in [0.4, 0.5) is 0 Å². The van der Waals surface area contributed by atoms with E-state index in [9.17, 15) is 0 Å². The van der Waals surface area contributed by atoms with Crippen LogP contribution in [0.25, 0.3) is 0 Å². The molecule has 1 heteroatoms. The van der Waals surface area contributed by atoms with E-state index < -0.39 is 0 Å². The van der Waals surface area contributed by atoms with Crippen LogP contribution >= 0.6 is 0 Å². The predicted molar refractivity (Wildman–Crippen MR) is 63.4 cm³/mol. The van der Waals surface area contributed by atoms with Crippen molar-refractivity contribution in [3.8, 4) is 0 Å². The Kier molecular flexibility index (Phi) is 9.51. The molecule has 0 saturated carbocycles. The number of allylic oxidation sites excluding steroid dienone is 4. The first-order valence-electron chi connectivity index (χ1n) is 4.03. The Labute approximate surface area is 81.9 Å². The Bertz CT molecular complexity index is 216. The summed E-state index contributed by atoms with van der Waals surface area (Å²) in [4.78, 5) is 3.86. The van der Waals surface area contributed by atoms with E-state index in [0.29, 0.717) is 0 Å². The van der Waals surface area contributed by atoms with Crippen molar-refractivity contribution in [1.29, 1.82) is 0 Å². The highest BCUT2D eigenvalue weighted by Gasteiger charge is 1.95. The summed E-state index contributed by atoms with van der Waals surface area (Å²) in [5.74, 6) is 0. The molecule has 0 aliphatic rings. The lowest BCUT2D eigenvalue weighted by molar-refractivity contribution is 1.35. The molecule has 0 bridgehead atoms. The second-order valence-corrected chi connectivity index (χ2v) is 2.55. The minimum Gasteiger partial charge on any atom is -0.296 e. The van der Waals surface area contributed by atoms with Gasteiger partial charge in [0.25, 0.3) is 0 Å². The Hall–Kier alpha value is -1.37. The minimum absolute atomic E-state index is 1.03. The van der Waals surface area contributed by atoms with Crippen LogP contribution in [-0.4, -0.2) is 13.3 Å². The van der Waals surface area contributed by atoms with E-state index in [0.717, 1.165) is 16.7 Å². The monoisotopic (exact) mass is 177 g/mol. The molecule has 0 unspecified atom stereocenters. The summed E-state index contributed by atoms with van der Waals surface area (Å²) in [6, 6.07) is 0. The van der Waals surface area contributed by atoms with Crippen LogP contribution in [-0.2, 0) is 0 Å². The van der Waals surface area contributed by atoms with E-state index in [1.165, 1.54) is 0 Å². The fraction of sp³-hybridized carbons (Fsp3) is 0.250. The average molecular weight is 177 g/mol. The van der Waals surface area contributed by atoms with Crippen LogP contribution in [0, 0.1) is 0 Å². The summed E-state index contributed by atoms with van der Waals surface area (Å²) < 4.78 is 0. The molecule has 0 radical (unpaired) electrons. The van der Waals surface area contributed by atoms with Crippen LogP contribution in [0.3, 0.4) is 0 Å². The summed E-state index contributed by atoms with van der Waals surface area (Å²) in [5.41, 5.74) is 3.13. The lowest BCUT2D eigenvalue weighted by Crippen LogP contribution is -1.85. The van der Waals surface area contributed by atoms with Gasteiger partial charge in [0.05, 0.1) is 0 Å². The third kappa shape index (κ3) is 7.01. The summed E-state index contributed by atoms with van der Waals surface area (Å²) in [6.07, 6.45) is 3.67. The van der Waals surface area contributed by atoms with Gasteiger partial charge in [0, 0.05) is 13.3 Å². The molecule has 1 nitrogen and oxygen atoms in total. The van der Waals surface area contributed by atoms with Crippen molar-refractivity contribution in [2.24, 2.45) is 4.99 Å². The van der Waals surface area contributed by atoms with Crippen molar-refractivity contribution in [1.82, 2.24) is 0 Å². The Morgan fingerprint density at radius 3 is 1.69 bits per heavy atom. The average Bonchev–Trinajstić information content (AvgIpc) is 2.07. The van der Waals surface area contributed by atoms with Gasteiger partial charge >= 0.3 is 0 Å². The Balaban J connectivity index is 0. The number of hydrogen-bond donors (Lipinski definition) is 0. The van der Waals surface area contributed by atoms with E-state index in [1.807, 2.05) is 19.9 Å². The van der Waals surface area contributed by atoms with Gasteiger partial charge in [0.15, 0.2) is 0 Å². The molecule has 0 aromatic heterocycles. The maximum absolute atomic E-state index is 3.86. The maximum Gasteiger partial charge on any atom is 0.0277 e. The molecule has 0 aromatic carbocycles. The fourth-order valence-electron chi connectivity index (χ4n) is 0.798. The van der Waals surface area contributed by atoms with Crippen LogP contribution in [0.15, 0.2) is 54.1 Å². The van der Waals surface area contributed by atoms with Crippen LogP contribution in [0.1, 0.15) is 13.8 Å². The lowest BCUT2D eigenvalue weighted by Gasteiger charge is -2.03. The quantitative estimate of drug-likeness (QED) is 0.355. The second kappa shape index (κ2) is 8.72. The zero-order valence-electron chi connectivity index (χ0n) is 8.93. The highest BCUT2D eigenvalue weighted by atomic mass is 14.6. The predicted octanol–water partition coefficient (Wildman–Crippen LogP) is 3.57. The summed E-state index contributed by atoms with van der Waals surface area (Å²) >= 11 is 0. The first kappa shape index (κ1) is 14.2. The molecule has 0 saturated heterocycles. The molecule has 0 amide bonds. The SMILES string of the molecule is C=C.C=C(C)C(=CC=NC)C(=C)C.